The van der Waals surface area contributed by atoms with Gasteiger partial charge in [0.25, 0.3) is 0 Å². The molecule has 0 radical (unpaired) electrons. The molecule has 0 spiro atoms. The summed E-state index contributed by atoms with van der Waals surface area (Å²) >= 11 is 6.21. The minimum atomic E-state index is -0.111. The van der Waals surface area contributed by atoms with Crippen molar-refractivity contribution in [2.45, 2.75) is 46.5 Å². The van der Waals surface area contributed by atoms with Crippen LogP contribution in [0.4, 0.5) is 0 Å². The highest BCUT2D eigenvalue weighted by molar-refractivity contribution is 6.30. The molecule has 26 heavy (non-hydrogen) atoms. The van der Waals surface area contributed by atoms with Crippen molar-refractivity contribution in [2.24, 2.45) is 5.41 Å². The molecule has 0 amide bonds. The molecule has 1 aliphatic carbocycles. The lowest BCUT2D eigenvalue weighted by atomic mass is 9.77. The molecule has 1 aliphatic rings. The zero-order chi connectivity index (χ0) is 18.6. The van der Waals surface area contributed by atoms with Crippen LogP contribution in [0.2, 0.25) is 5.02 Å². The maximum Gasteiger partial charge on any atom is 0.185 e. The Bertz CT molecular complexity index is 1040. The Kier molecular flexibility index (Phi) is 3.88. The smallest absolute Gasteiger partial charge is 0.185 e. The molecule has 0 atom stereocenters. The number of rotatable bonds is 2. The lowest BCUT2D eigenvalue weighted by molar-refractivity contribution is 0.0901. The first-order valence-corrected chi connectivity index (χ1v) is 9.22. The fourth-order valence-corrected chi connectivity index (χ4v) is 3.89. The minimum absolute atomic E-state index is 0.0385. The summed E-state index contributed by atoms with van der Waals surface area (Å²) in [6.45, 7) is 8.41. The quantitative estimate of drug-likeness (QED) is 0.656. The van der Waals surface area contributed by atoms with Crippen molar-refractivity contribution < 1.29 is 4.79 Å². The highest BCUT2D eigenvalue weighted by Gasteiger charge is 2.35. The van der Waals surface area contributed by atoms with E-state index in [1.807, 2.05) is 28.8 Å². The summed E-state index contributed by atoms with van der Waals surface area (Å²) in [5, 5.41) is 14.2. The number of fused-ring (bicyclic) bond motifs is 3. The molecule has 2 heterocycles. The van der Waals surface area contributed by atoms with Crippen LogP contribution in [0.3, 0.4) is 0 Å². The number of carbonyl (C=O) groups is 1. The third kappa shape index (κ3) is 2.71. The Morgan fingerprint density at radius 2 is 1.96 bits per heavy atom. The van der Waals surface area contributed by atoms with Crippen molar-refractivity contribution in [1.82, 2.24) is 19.8 Å². The summed E-state index contributed by atoms with van der Waals surface area (Å²) in [5.41, 5.74) is 4.71. The van der Waals surface area contributed by atoms with Crippen LogP contribution in [0.1, 0.15) is 61.9 Å². The van der Waals surface area contributed by atoms with Crippen molar-refractivity contribution >= 4 is 23.0 Å². The van der Waals surface area contributed by atoms with E-state index >= 15 is 0 Å². The molecule has 0 aliphatic heterocycles. The second kappa shape index (κ2) is 5.88. The lowest BCUT2D eigenvalue weighted by Gasteiger charge is -2.29. The zero-order valence-electron chi connectivity index (χ0n) is 15.4. The molecule has 0 unspecified atom stereocenters. The SMILES string of the molecule is CC(C)c1nn2c3c(nnc2c1-c1cccc(Cl)c1)C(=O)CC(C)(C)C3. The number of ketones is 1. The standard InChI is InChI=1S/C20H21ClN4O/c1-11(2)17-16(12-6-5-7-13(21)8-12)19-23-22-18-14(25(19)24-17)9-20(3,4)10-15(18)26/h5-8,11H,9-10H2,1-4H3. The molecule has 0 bridgehead atoms. The van der Waals surface area contributed by atoms with Gasteiger partial charge in [-0.25, -0.2) is 4.52 Å². The second-order valence-corrected chi connectivity index (χ2v) is 8.53. The number of Topliss-reactive ketones (excluding diaryl/α,β-unsaturated/α-hetero) is 1. The van der Waals surface area contributed by atoms with E-state index in [4.69, 9.17) is 16.7 Å². The molecular formula is C20H21ClN4O. The van der Waals surface area contributed by atoms with Gasteiger partial charge in [0.2, 0.25) is 0 Å². The molecule has 5 nitrogen and oxygen atoms in total. The van der Waals surface area contributed by atoms with Crippen LogP contribution < -0.4 is 0 Å². The molecule has 134 valence electrons. The number of hydrogen-bond acceptors (Lipinski definition) is 4. The van der Waals surface area contributed by atoms with Gasteiger partial charge in [0.05, 0.1) is 17.0 Å². The summed E-state index contributed by atoms with van der Waals surface area (Å²) in [7, 11) is 0. The largest absolute Gasteiger partial charge is 0.292 e. The average Bonchev–Trinajstić information content (AvgIpc) is 2.94. The van der Waals surface area contributed by atoms with Gasteiger partial charge < -0.3 is 0 Å². The number of hydrogen-bond donors (Lipinski definition) is 0. The molecule has 6 heteroatoms. The van der Waals surface area contributed by atoms with E-state index in [0.29, 0.717) is 22.8 Å². The summed E-state index contributed by atoms with van der Waals surface area (Å²) in [6.07, 6.45) is 1.23. The van der Waals surface area contributed by atoms with Gasteiger partial charge in [0.1, 0.15) is 0 Å². The van der Waals surface area contributed by atoms with Crippen LogP contribution in [0.25, 0.3) is 16.8 Å². The van der Waals surface area contributed by atoms with Gasteiger partial charge in [-0.05, 0) is 35.4 Å². The summed E-state index contributed by atoms with van der Waals surface area (Å²) in [4.78, 5) is 12.5. The zero-order valence-corrected chi connectivity index (χ0v) is 16.1. The van der Waals surface area contributed by atoms with Gasteiger partial charge >= 0.3 is 0 Å². The maximum absolute atomic E-state index is 12.5. The third-order valence-corrected chi connectivity index (χ3v) is 5.11. The number of aromatic nitrogens is 4. The van der Waals surface area contributed by atoms with Crippen molar-refractivity contribution in [2.75, 3.05) is 0 Å². The van der Waals surface area contributed by atoms with Gasteiger partial charge in [-0.15, -0.1) is 10.2 Å². The average molecular weight is 369 g/mol. The first-order valence-electron chi connectivity index (χ1n) is 8.84. The molecule has 2 aromatic heterocycles. The number of benzene rings is 1. The van der Waals surface area contributed by atoms with E-state index in [9.17, 15) is 4.79 Å². The molecule has 0 fully saturated rings. The lowest BCUT2D eigenvalue weighted by Crippen LogP contribution is -2.30. The van der Waals surface area contributed by atoms with Gasteiger partial charge in [-0.3, -0.25) is 4.79 Å². The van der Waals surface area contributed by atoms with Gasteiger partial charge in [0, 0.05) is 11.4 Å². The Hall–Kier alpha value is -2.27. The second-order valence-electron chi connectivity index (χ2n) is 8.10. The number of nitrogens with zero attached hydrogens (tertiary/aromatic N) is 4. The minimum Gasteiger partial charge on any atom is -0.292 e. The molecule has 0 saturated heterocycles. The van der Waals surface area contributed by atoms with Crippen molar-refractivity contribution in [3.05, 3.63) is 46.4 Å². The van der Waals surface area contributed by atoms with E-state index in [1.54, 1.807) is 0 Å². The highest BCUT2D eigenvalue weighted by atomic mass is 35.5. The summed E-state index contributed by atoms with van der Waals surface area (Å²) < 4.78 is 1.83. The normalized spacial score (nSPS) is 16.3. The molecule has 4 rings (SSSR count). The molecule has 3 aromatic rings. The van der Waals surface area contributed by atoms with Crippen LogP contribution in [-0.2, 0) is 6.42 Å². The Morgan fingerprint density at radius 3 is 2.65 bits per heavy atom. The summed E-state index contributed by atoms with van der Waals surface area (Å²) in [5.74, 6) is 0.241. The van der Waals surface area contributed by atoms with Crippen LogP contribution in [-0.4, -0.2) is 25.6 Å². The number of carbonyl (C=O) groups excluding carboxylic acids is 1. The van der Waals surface area contributed by atoms with Gasteiger partial charge in [-0.1, -0.05) is 51.4 Å². The van der Waals surface area contributed by atoms with Crippen molar-refractivity contribution in [3.8, 4) is 11.1 Å². The third-order valence-electron chi connectivity index (χ3n) is 4.87. The van der Waals surface area contributed by atoms with Crippen LogP contribution in [0.15, 0.2) is 24.3 Å². The Morgan fingerprint density at radius 1 is 1.19 bits per heavy atom. The molecule has 0 saturated carbocycles. The first kappa shape index (κ1) is 17.2. The van der Waals surface area contributed by atoms with Crippen LogP contribution in [0.5, 0.6) is 0 Å². The monoisotopic (exact) mass is 368 g/mol. The van der Waals surface area contributed by atoms with Crippen molar-refractivity contribution in [1.29, 1.82) is 0 Å². The van der Waals surface area contributed by atoms with E-state index in [2.05, 4.69) is 37.9 Å². The van der Waals surface area contributed by atoms with Crippen molar-refractivity contribution in [3.63, 3.8) is 0 Å². The summed E-state index contributed by atoms with van der Waals surface area (Å²) in [6, 6.07) is 7.69. The Balaban J connectivity index is 2.05. The van der Waals surface area contributed by atoms with E-state index in [0.717, 1.165) is 28.9 Å². The highest BCUT2D eigenvalue weighted by Crippen LogP contribution is 2.37. The molecular weight excluding hydrogens is 348 g/mol. The number of halogens is 1. The fourth-order valence-electron chi connectivity index (χ4n) is 3.70. The fraction of sp³-hybridized carbons (Fsp3) is 0.400. The molecule has 1 aromatic carbocycles. The first-order chi connectivity index (χ1) is 12.3. The van der Waals surface area contributed by atoms with Crippen LogP contribution >= 0.6 is 11.6 Å². The van der Waals surface area contributed by atoms with Gasteiger partial charge in [-0.2, -0.15) is 5.10 Å². The maximum atomic E-state index is 12.5. The molecule has 0 N–H and O–H groups in total. The van der Waals surface area contributed by atoms with Gasteiger partial charge in [0.15, 0.2) is 17.1 Å². The van der Waals surface area contributed by atoms with E-state index < -0.39 is 0 Å². The van der Waals surface area contributed by atoms with E-state index in [-0.39, 0.29) is 17.1 Å². The predicted octanol–water partition coefficient (Wildman–Crippen LogP) is 4.72. The predicted molar refractivity (Wildman–Crippen MR) is 102 cm³/mol. The topological polar surface area (TPSA) is 60.1 Å². The van der Waals surface area contributed by atoms with E-state index in [1.165, 1.54) is 0 Å². The Labute approximate surface area is 157 Å². The van der Waals surface area contributed by atoms with Crippen LogP contribution in [0, 0.1) is 5.41 Å².